The Morgan fingerprint density at radius 1 is 0.902 bits per heavy atom. The Hall–Kier alpha value is -4.25. The lowest BCUT2D eigenvalue weighted by atomic mass is 9.76. The Labute approximate surface area is 321 Å². The first-order chi connectivity index (χ1) is 24.9. The molecule has 0 aliphatic carbocycles. The number of amides is 1. The predicted molar refractivity (Wildman–Crippen MR) is 217 cm³/mol. The van der Waals surface area contributed by atoms with Gasteiger partial charge in [0.2, 0.25) is 0 Å². The summed E-state index contributed by atoms with van der Waals surface area (Å²) in [6.07, 6.45) is 3.98. The summed E-state index contributed by atoms with van der Waals surface area (Å²) in [6.45, 7) is 2.38. The van der Waals surface area contributed by atoms with E-state index < -0.39 is 0 Å². The lowest BCUT2D eigenvalue weighted by Crippen LogP contribution is -2.37. The van der Waals surface area contributed by atoms with E-state index in [-0.39, 0.29) is 17.7 Å². The van der Waals surface area contributed by atoms with Crippen LogP contribution < -0.4 is 19.7 Å². The number of amidine groups is 1. The monoisotopic (exact) mass is 823 g/mol. The maximum atomic E-state index is 13.3. The van der Waals surface area contributed by atoms with Crippen molar-refractivity contribution in [3.8, 4) is 11.5 Å². The highest BCUT2D eigenvalue weighted by Crippen LogP contribution is 2.50. The molecule has 3 aliphatic rings. The van der Waals surface area contributed by atoms with Gasteiger partial charge in [0.1, 0.15) is 6.61 Å². The van der Waals surface area contributed by atoms with Gasteiger partial charge in [-0.15, -0.1) is 0 Å². The average Bonchev–Trinajstić information content (AvgIpc) is 3.49. The molecule has 0 aromatic heterocycles. The molecule has 0 bridgehead atoms. The van der Waals surface area contributed by atoms with Gasteiger partial charge >= 0.3 is 0 Å². The van der Waals surface area contributed by atoms with Crippen LogP contribution in [0.2, 0.25) is 5.02 Å². The van der Waals surface area contributed by atoms with Crippen molar-refractivity contribution in [3.05, 3.63) is 156 Å². The first-order valence-electron chi connectivity index (χ1n) is 17.0. The fourth-order valence-corrected chi connectivity index (χ4v) is 9.19. The van der Waals surface area contributed by atoms with Gasteiger partial charge in [-0.1, -0.05) is 90.5 Å². The number of ether oxygens (including phenoxy) is 2. The molecule has 0 saturated carbocycles. The summed E-state index contributed by atoms with van der Waals surface area (Å²) in [4.78, 5) is 21.5. The van der Waals surface area contributed by atoms with Crippen LogP contribution in [0.5, 0.6) is 11.5 Å². The van der Waals surface area contributed by atoms with Crippen LogP contribution >= 0.6 is 46.0 Å². The molecule has 3 heterocycles. The van der Waals surface area contributed by atoms with Crippen LogP contribution in [0.3, 0.4) is 0 Å². The number of hydrogen-bond donors (Lipinski definition) is 1. The summed E-state index contributed by atoms with van der Waals surface area (Å²) in [6, 6.07) is 37.6. The predicted octanol–water partition coefficient (Wildman–Crippen LogP) is 10.3. The summed E-state index contributed by atoms with van der Waals surface area (Å²) < 4.78 is 12.7. The second-order valence-electron chi connectivity index (χ2n) is 12.9. The van der Waals surface area contributed by atoms with E-state index in [0.717, 1.165) is 46.3 Å². The molecule has 1 N–H and O–H groups in total. The number of carbonyl (C=O) groups is 1. The smallest absolute Gasteiger partial charge is 0.264 e. The molecule has 1 fully saturated rings. The van der Waals surface area contributed by atoms with Crippen LogP contribution in [-0.2, 0) is 11.4 Å². The third-order valence-corrected chi connectivity index (χ3v) is 11.8. The SMILES string of the molecule is COc1cc(/C=C2\SC(=Nc3cc4c5c(c3)[C@H](c3ccccc3)CCN5CC[C@@H]4c3ccccc3)NC2=O)cc(I)c1OCc1ccccc1Cl. The molecule has 1 saturated heterocycles. The zero-order chi connectivity index (χ0) is 34.9. The van der Waals surface area contributed by atoms with E-state index in [0.29, 0.717) is 33.2 Å². The largest absolute Gasteiger partial charge is 0.493 e. The maximum Gasteiger partial charge on any atom is 0.264 e. The van der Waals surface area contributed by atoms with Crippen molar-refractivity contribution in [1.29, 1.82) is 0 Å². The van der Waals surface area contributed by atoms with E-state index >= 15 is 0 Å². The second-order valence-corrected chi connectivity index (χ2v) is 15.5. The minimum atomic E-state index is -0.179. The number of carbonyl (C=O) groups excluding carboxylic acids is 1. The average molecular weight is 824 g/mol. The molecular weight excluding hydrogens is 789 g/mol. The van der Waals surface area contributed by atoms with Crippen LogP contribution in [0, 0.1) is 3.57 Å². The number of nitrogens with zero attached hydrogens (tertiary/aromatic N) is 2. The number of benzene rings is 5. The number of rotatable bonds is 8. The van der Waals surface area contributed by atoms with Crippen LogP contribution in [-0.4, -0.2) is 31.3 Å². The van der Waals surface area contributed by atoms with Crippen molar-refractivity contribution in [3.63, 3.8) is 0 Å². The zero-order valence-corrected chi connectivity index (χ0v) is 31.7. The quantitative estimate of drug-likeness (QED) is 0.125. The molecule has 256 valence electrons. The van der Waals surface area contributed by atoms with Crippen molar-refractivity contribution in [2.75, 3.05) is 25.1 Å². The second kappa shape index (κ2) is 14.8. The van der Waals surface area contributed by atoms with Gasteiger partial charge in [0.25, 0.3) is 5.91 Å². The molecule has 1 amide bonds. The molecule has 0 unspecified atom stereocenters. The minimum Gasteiger partial charge on any atom is -0.493 e. The Kier molecular flexibility index (Phi) is 9.81. The Bertz CT molecular complexity index is 2100. The van der Waals surface area contributed by atoms with Crippen molar-refractivity contribution < 1.29 is 14.3 Å². The van der Waals surface area contributed by atoms with Crippen molar-refractivity contribution >= 4 is 74.5 Å². The van der Waals surface area contributed by atoms with E-state index in [1.807, 2.05) is 42.5 Å². The molecule has 2 atom stereocenters. The molecule has 5 aromatic carbocycles. The van der Waals surface area contributed by atoms with Crippen LogP contribution in [0.4, 0.5) is 11.4 Å². The zero-order valence-electron chi connectivity index (χ0n) is 27.9. The first-order valence-corrected chi connectivity index (χ1v) is 19.3. The number of nitrogens with one attached hydrogen (secondary N) is 1. The Morgan fingerprint density at radius 3 is 2.16 bits per heavy atom. The van der Waals surface area contributed by atoms with Gasteiger partial charge in [0.15, 0.2) is 16.7 Å². The summed E-state index contributed by atoms with van der Waals surface area (Å²) in [7, 11) is 1.61. The molecule has 0 radical (unpaired) electrons. The van der Waals surface area contributed by atoms with Crippen LogP contribution in [0.25, 0.3) is 6.08 Å². The minimum absolute atomic E-state index is 0.179. The molecule has 51 heavy (non-hydrogen) atoms. The maximum absolute atomic E-state index is 13.3. The molecule has 8 rings (SSSR count). The summed E-state index contributed by atoms with van der Waals surface area (Å²) in [5, 5.41) is 4.24. The lowest BCUT2D eigenvalue weighted by Gasteiger charge is -2.43. The van der Waals surface area contributed by atoms with Crippen LogP contribution in [0.1, 0.15) is 58.1 Å². The van der Waals surface area contributed by atoms with Crippen molar-refractivity contribution in [2.24, 2.45) is 4.99 Å². The molecule has 6 nitrogen and oxygen atoms in total. The number of thioether (sulfide) groups is 1. The summed E-state index contributed by atoms with van der Waals surface area (Å²) in [5.74, 6) is 1.59. The highest BCUT2D eigenvalue weighted by molar-refractivity contribution is 14.1. The number of aliphatic imine (C=N–C) groups is 1. The van der Waals surface area contributed by atoms with Gasteiger partial charge in [-0.2, -0.15) is 0 Å². The van der Waals surface area contributed by atoms with Gasteiger partial charge in [-0.3, -0.25) is 4.79 Å². The van der Waals surface area contributed by atoms with Crippen LogP contribution in [0.15, 0.2) is 119 Å². The van der Waals surface area contributed by atoms with E-state index in [2.05, 4.69) is 106 Å². The fourth-order valence-electron chi connectivity index (χ4n) is 7.38. The summed E-state index contributed by atoms with van der Waals surface area (Å²) in [5.41, 5.74) is 9.20. The molecule has 3 aliphatic heterocycles. The molecule has 5 aromatic rings. The van der Waals surface area contributed by atoms with E-state index in [9.17, 15) is 4.79 Å². The summed E-state index contributed by atoms with van der Waals surface area (Å²) >= 11 is 9.93. The normalized spacial score (nSPS) is 19.6. The molecular formula is C42H35ClIN3O3S. The van der Waals surface area contributed by atoms with E-state index in [4.69, 9.17) is 26.1 Å². The fraction of sp³-hybridized carbons (Fsp3) is 0.190. The van der Waals surface area contributed by atoms with Crippen molar-refractivity contribution in [1.82, 2.24) is 5.32 Å². The van der Waals surface area contributed by atoms with E-state index in [1.54, 1.807) is 7.11 Å². The third kappa shape index (κ3) is 7.01. The highest BCUT2D eigenvalue weighted by Gasteiger charge is 2.35. The number of halogens is 2. The standard InChI is InChI=1S/C42H35ClIN3O3S/c1-49-37-21-26(20-36(44)40(37)50-25-29-14-8-9-15-35(29)43)22-38-41(48)46-42(51-38)45-30-23-33-31(27-10-4-2-5-11-27)16-18-47-19-17-32(34(24-30)39(33)47)28-12-6-3-7-13-28/h2-15,20-24,31-32H,16-19,25H2,1H3,(H,45,46,48)/b38-22-/t31-,32+. The lowest BCUT2D eigenvalue weighted by molar-refractivity contribution is -0.115. The van der Waals surface area contributed by atoms with Crippen molar-refractivity contribution in [2.45, 2.75) is 31.3 Å². The number of methoxy groups -OCH3 is 1. The molecule has 0 spiro atoms. The Balaban J connectivity index is 1.11. The van der Waals surface area contributed by atoms with Gasteiger partial charge in [0.05, 0.1) is 21.3 Å². The number of hydrogen-bond acceptors (Lipinski definition) is 6. The highest BCUT2D eigenvalue weighted by atomic mass is 127. The molecule has 9 heteroatoms. The van der Waals surface area contributed by atoms with Gasteiger partial charge in [-0.25, -0.2) is 4.99 Å². The number of anilines is 1. The van der Waals surface area contributed by atoms with Gasteiger partial charge in [-0.05, 0) is 111 Å². The van der Waals surface area contributed by atoms with Gasteiger partial charge < -0.3 is 19.7 Å². The third-order valence-electron chi connectivity index (χ3n) is 9.76. The first kappa shape index (κ1) is 33.9. The van der Waals surface area contributed by atoms with E-state index in [1.165, 1.54) is 39.7 Å². The Morgan fingerprint density at radius 2 is 1.53 bits per heavy atom. The topological polar surface area (TPSA) is 63.2 Å². The van der Waals surface area contributed by atoms with Gasteiger partial charge in [0, 0.05) is 41.2 Å².